The molecule has 1 aromatic carbocycles. The van der Waals surface area contributed by atoms with Crippen molar-refractivity contribution in [1.82, 2.24) is 0 Å². The standard InChI is InChI=1S/C12H13NO2/c1-2-4-11(8-13)9-5-3-6-10(7-9)12(14)15/h3,5-7,11H,2,4H2,1H3,(H,14,15). The summed E-state index contributed by atoms with van der Waals surface area (Å²) < 4.78 is 0. The fraction of sp³-hybridized carbons (Fsp3) is 0.333. The first-order valence-electron chi connectivity index (χ1n) is 4.92. The van der Waals surface area contributed by atoms with Crippen molar-refractivity contribution in [1.29, 1.82) is 5.26 Å². The van der Waals surface area contributed by atoms with Crippen molar-refractivity contribution in [2.75, 3.05) is 0 Å². The van der Waals surface area contributed by atoms with Crippen molar-refractivity contribution < 1.29 is 9.90 Å². The molecular formula is C12H13NO2. The van der Waals surface area contributed by atoms with E-state index in [2.05, 4.69) is 6.07 Å². The number of benzene rings is 1. The van der Waals surface area contributed by atoms with Gasteiger partial charge < -0.3 is 5.11 Å². The van der Waals surface area contributed by atoms with E-state index >= 15 is 0 Å². The highest BCUT2D eigenvalue weighted by molar-refractivity contribution is 5.87. The molecule has 0 aromatic heterocycles. The van der Waals surface area contributed by atoms with Gasteiger partial charge in [0.1, 0.15) is 0 Å². The molecule has 1 N–H and O–H groups in total. The van der Waals surface area contributed by atoms with E-state index in [0.717, 1.165) is 18.4 Å². The summed E-state index contributed by atoms with van der Waals surface area (Å²) in [7, 11) is 0. The van der Waals surface area contributed by atoms with Crippen LogP contribution in [0, 0.1) is 11.3 Å². The van der Waals surface area contributed by atoms with E-state index < -0.39 is 5.97 Å². The van der Waals surface area contributed by atoms with Gasteiger partial charge in [-0.05, 0) is 24.1 Å². The normalized spacial score (nSPS) is 11.7. The topological polar surface area (TPSA) is 61.1 Å². The van der Waals surface area contributed by atoms with Crippen molar-refractivity contribution in [2.24, 2.45) is 0 Å². The molecule has 0 saturated heterocycles. The largest absolute Gasteiger partial charge is 0.478 e. The van der Waals surface area contributed by atoms with Crippen molar-refractivity contribution in [3.63, 3.8) is 0 Å². The third-order valence-electron chi connectivity index (χ3n) is 2.27. The highest BCUT2D eigenvalue weighted by Gasteiger charge is 2.11. The predicted molar refractivity (Wildman–Crippen MR) is 56.7 cm³/mol. The van der Waals surface area contributed by atoms with Crippen LogP contribution in [0.5, 0.6) is 0 Å². The first kappa shape index (κ1) is 11.3. The van der Waals surface area contributed by atoms with E-state index in [9.17, 15) is 4.79 Å². The predicted octanol–water partition coefficient (Wildman–Crippen LogP) is 2.79. The van der Waals surface area contributed by atoms with E-state index in [4.69, 9.17) is 10.4 Å². The van der Waals surface area contributed by atoms with Crippen LogP contribution in [0.3, 0.4) is 0 Å². The molecule has 0 heterocycles. The van der Waals surface area contributed by atoms with Crippen molar-refractivity contribution in [3.8, 4) is 6.07 Å². The molecule has 0 amide bonds. The fourth-order valence-electron chi connectivity index (χ4n) is 1.48. The molecule has 3 nitrogen and oxygen atoms in total. The van der Waals surface area contributed by atoms with Gasteiger partial charge >= 0.3 is 5.97 Å². The molecule has 0 saturated carbocycles. The number of carboxylic acid groups (broad SMARTS) is 1. The number of aromatic carboxylic acids is 1. The highest BCUT2D eigenvalue weighted by Crippen LogP contribution is 2.21. The summed E-state index contributed by atoms with van der Waals surface area (Å²) in [4.78, 5) is 10.7. The third kappa shape index (κ3) is 2.81. The quantitative estimate of drug-likeness (QED) is 0.818. The number of hydrogen-bond acceptors (Lipinski definition) is 2. The minimum Gasteiger partial charge on any atom is -0.478 e. The summed E-state index contributed by atoms with van der Waals surface area (Å²) in [6.07, 6.45) is 1.68. The van der Waals surface area contributed by atoms with Crippen LogP contribution in [0.25, 0.3) is 0 Å². The molecule has 1 atom stereocenters. The SMILES string of the molecule is CCCC(C#N)c1cccc(C(=O)O)c1. The first-order valence-corrected chi connectivity index (χ1v) is 4.92. The lowest BCUT2D eigenvalue weighted by Gasteiger charge is -2.08. The Labute approximate surface area is 89.0 Å². The number of carbonyl (C=O) groups is 1. The molecule has 0 spiro atoms. The average molecular weight is 203 g/mol. The summed E-state index contributed by atoms with van der Waals surface area (Å²) in [5.41, 5.74) is 1.03. The molecular weight excluding hydrogens is 190 g/mol. The number of hydrogen-bond donors (Lipinski definition) is 1. The second-order valence-corrected chi connectivity index (χ2v) is 3.40. The maximum atomic E-state index is 10.7. The van der Waals surface area contributed by atoms with Gasteiger partial charge in [0.2, 0.25) is 0 Å². The van der Waals surface area contributed by atoms with Gasteiger partial charge in [-0.15, -0.1) is 0 Å². The van der Waals surface area contributed by atoms with Gasteiger partial charge in [-0.3, -0.25) is 0 Å². The van der Waals surface area contributed by atoms with Crippen LogP contribution in [0.4, 0.5) is 0 Å². The van der Waals surface area contributed by atoms with Crippen LogP contribution in [-0.2, 0) is 0 Å². The van der Waals surface area contributed by atoms with Gasteiger partial charge in [0.25, 0.3) is 0 Å². The monoisotopic (exact) mass is 203 g/mol. The zero-order valence-electron chi connectivity index (χ0n) is 8.60. The van der Waals surface area contributed by atoms with Crippen LogP contribution < -0.4 is 0 Å². The van der Waals surface area contributed by atoms with E-state index in [1.165, 1.54) is 6.07 Å². The Morgan fingerprint density at radius 3 is 2.87 bits per heavy atom. The molecule has 1 unspecified atom stereocenters. The van der Waals surface area contributed by atoms with Crippen molar-refractivity contribution in [2.45, 2.75) is 25.7 Å². The van der Waals surface area contributed by atoms with Gasteiger partial charge in [-0.25, -0.2) is 4.79 Å². The van der Waals surface area contributed by atoms with Gasteiger partial charge in [0, 0.05) is 0 Å². The van der Waals surface area contributed by atoms with Crippen LogP contribution in [0.15, 0.2) is 24.3 Å². The smallest absolute Gasteiger partial charge is 0.335 e. The van der Waals surface area contributed by atoms with E-state index in [1.54, 1.807) is 18.2 Å². The summed E-state index contributed by atoms with van der Waals surface area (Å²) in [6.45, 7) is 2.01. The average Bonchev–Trinajstić information content (AvgIpc) is 2.26. The van der Waals surface area contributed by atoms with Crippen LogP contribution in [0.1, 0.15) is 41.6 Å². The van der Waals surface area contributed by atoms with Crippen molar-refractivity contribution >= 4 is 5.97 Å². The van der Waals surface area contributed by atoms with Crippen LogP contribution in [0.2, 0.25) is 0 Å². The minimum absolute atomic E-state index is 0.200. The first-order chi connectivity index (χ1) is 7.19. The van der Waals surface area contributed by atoms with Gasteiger partial charge in [-0.1, -0.05) is 25.5 Å². The molecule has 0 bridgehead atoms. The van der Waals surface area contributed by atoms with Gasteiger partial charge in [-0.2, -0.15) is 5.26 Å². The van der Waals surface area contributed by atoms with E-state index in [1.807, 2.05) is 6.92 Å². The Balaban J connectivity index is 2.99. The molecule has 0 radical (unpaired) electrons. The second-order valence-electron chi connectivity index (χ2n) is 3.40. The Kier molecular flexibility index (Phi) is 3.87. The molecule has 0 aliphatic rings. The lowest BCUT2D eigenvalue weighted by molar-refractivity contribution is 0.0696. The van der Waals surface area contributed by atoms with Crippen LogP contribution >= 0.6 is 0 Å². The molecule has 15 heavy (non-hydrogen) atoms. The summed E-state index contributed by atoms with van der Waals surface area (Å²) in [5, 5.41) is 17.8. The Hall–Kier alpha value is -1.82. The molecule has 3 heteroatoms. The van der Waals surface area contributed by atoms with E-state index in [-0.39, 0.29) is 11.5 Å². The molecule has 1 aromatic rings. The van der Waals surface area contributed by atoms with Crippen LogP contribution in [-0.4, -0.2) is 11.1 Å². The highest BCUT2D eigenvalue weighted by atomic mass is 16.4. The Bertz CT molecular complexity index is 393. The minimum atomic E-state index is -0.954. The molecule has 0 aliphatic heterocycles. The summed E-state index contributed by atoms with van der Waals surface area (Å²) in [5.74, 6) is -1.15. The van der Waals surface area contributed by atoms with E-state index in [0.29, 0.717) is 0 Å². The van der Waals surface area contributed by atoms with Gasteiger partial charge in [0.05, 0.1) is 17.6 Å². The zero-order valence-corrected chi connectivity index (χ0v) is 8.60. The number of nitrogens with zero attached hydrogens (tertiary/aromatic N) is 1. The molecule has 0 fully saturated rings. The second kappa shape index (κ2) is 5.16. The number of rotatable bonds is 4. The summed E-state index contributed by atoms with van der Waals surface area (Å²) in [6, 6.07) is 8.78. The lowest BCUT2D eigenvalue weighted by atomic mass is 9.94. The summed E-state index contributed by atoms with van der Waals surface area (Å²) >= 11 is 0. The maximum absolute atomic E-state index is 10.7. The molecule has 1 rings (SSSR count). The maximum Gasteiger partial charge on any atom is 0.335 e. The third-order valence-corrected chi connectivity index (χ3v) is 2.27. The van der Waals surface area contributed by atoms with Gasteiger partial charge in [0.15, 0.2) is 0 Å². The lowest BCUT2D eigenvalue weighted by Crippen LogP contribution is -2.00. The fourth-order valence-corrected chi connectivity index (χ4v) is 1.48. The zero-order chi connectivity index (χ0) is 11.3. The number of carboxylic acids is 1. The Morgan fingerprint density at radius 1 is 1.60 bits per heavy atom. The van der Waals surface area contributed by atoms with Crippen molar-refractivity contribution in [3.05, 3.63) is 35.4 Å². The molecule has 0 aliphatic carbocycles. The molecule has 78 valence electrons. The number of nitriles is 1. The Morgan fingerprint density at radius 2 is 2.33 bits per heavy atom.